The van der Waals surface area contributed by atoms with Crippen molar-refractivity contribution in [2.45, 2.75) is 82.3 Å². The van der Waals surface area contributed by atoms with Gasteiger partial charge >= 0.3 is 23.9 Å². The summed E-state index contributed by atoms with van der Waals surface area (Å²) in [5.74, 6) is -5.20. The van der Waals surface area contributed by atoms with Crippen molar-refractivity contribution in [3.05, 3.63) is 65.7 Å². The van der Waals surface area contributed by atoms with Crippen LogP contribution < -0.4 is 4.74 Å². The third kappa shape index (κ3) is 3.26. The molecule has 13 heteroatoms. The van der Waals surface area contributed by atoms with Crippen molar-refractivity contribution >= 4 is 23.9 Å². The van der Waals surface area contributed by atoms with E-state index in [-0.39, 0.29) is 12.2 Å². The second-order valence-corrected chi connectivity index (χ2v) is 14.7. The van der Waals surface area contributed by atoms with E-state index in [4.69, 9.17) is 33.2 Å². The van der Waals surface area contributed by atoms with Gasteiger partial charge in [-0.05, 0) is 42.2 Å². The number of carbonyl (C=O) groups is 4. The summed E-state index contributed by atoms with van der Waals surface area (Å²) < 4.78 is 42.1. The van der Waals surface area contributed by atoms with Crippen LogP contribution in [0, 0.1) is 28.1 Å². The van der Waals surface area contributed by atoms with Crippen molar-refractivity contribution in [2.24, 2.45) is 28.1 Å². The third-order valence-electron chi connectivity index (χ3n) is 11.7. The number of fused-ring (bicyclic) bond motifs is 1. The molecule has 2 aliphatic carbocycles. The Labute approximate surface area is 275 Å². The Morgan fingerprint density at radius 1 is 0.938 bits per heavy atom. The number of rotatable bonds is 6. The van der Waals surface area contributed by atoms with Crippen LogP contribution in [0.5, 0.6) is 5.75 Å². The molecule has 4 aliphatic heterocycles. The quantitative estimate of drug-likeness (QED) is 0.338. The molecule has 4 heterocycles. The summed E-state index contributed by atoms with van der Waals surface area (Å²) >= 11 is 0. The molecule has 4 saturated heterocycles. The zero-order chi connectivity index (χ0) is 34.2. The van der Waals surface area contributed by atoms with Crippen LogP contribution in [0.3, 0.4) is 0 Å². The zero-order valence-electron chi connectivity index (χ0n) is 26.9. The van der Waals surface area contributed by atoms with E-state index in [2.05, 4.69) is 0 Å². The molecule has 13 nitrogen and oxygen atoms in total. The number of benzene rings is 2. The lowest BCUT2D eigenvalue weighted by Gasteiger charge is -2.48. The van der Waals surface area contributed by atoms with Gasteiger partial charge in [0.15, 0.2) is 23.9 Å². The minimum Gasteiger partial charge on any atom is -0.497 e. The molecule has 0 bridgehead atoms. The van der Waals surface area contributed by atoms with Gasteiger partial charge in [0.2, 0.25) is 11.9 Å². The fourth-order valence-corrected chi connectivity index (χ4v) is 10.2. The second-order valence-electron chi connectivity index (χ2n) is 14.7. The van der Waals surface area contributed by atoms with Crippen LogP contribution in [0.1, 0.15) is 43.6 Å². The molecule has 2 saturated carbocycles. The first-order chi connectivity index (χ1) is 22.7. The molecule has 2 aromatic rings. The van der Waals surface area contributed by atoms with Crippen LogP contribution in [-0.2, 0) is 49.4 Å². The van der Waals surface area contributed by atoms with E-state index in [0.29, 0.717) is 11.3 Å². The number of aliphatic hydroxyl groups is 2. The van der Waals surface area contributed by atoms with Gasteiger partial charge in [0.1, 0.15) is 18.0 Å². The van der Waals surface area contributed by atoms with Gasteiger partial charge in [-0.1, -0.05) is 51.1 Å². The first kappa shape index (κ1) is 31.2. The second kappa shape index (κ2) is 9.78. The summed E-state index contributed by atoms with van der Waals surface area (Å²) in [6.45, 7) is 6.83. The van der Waals surface area contributed by atoms with Gasteiger partial charge in [0.25, 0.3) is 0 Å². The van der Waals surface area contributed by atoms with Gasteiger partial charge in [-0.15, -0.1) is 0 Å². The van der Waals surface area contributed by atoms with Gasteiger partial charge in [-0.2, -0.15) is 0 Å². The summed E-state index contributed by atoms with van der Waals surface area (Å²) in [4.78, 5) is 55.1. The van der Waals surface area contributed by atoms with Crippen LogP contribution >= 0.6 is 0 Å². The highest BCUT2D eigenvalue weighted by Crippen LogP contribution is 2.85. The van der Waals surface area contributed by atoms with Crippen LogP contribution in [0.25, 0.3) is 0 Å². The van der Waals surface area contributed by atoms with Crippen molar-refractivity contribution in [1.82, 2.24) is 0 Å². The summed E-state index contributed by atoms with van der Waals surface area (Å²) in [5.41, 5.74) is -8.75. The molecule has 8 rings (SSSR count). The Morgan fingerprint density at radius 3 is 2.27 bits per heavy atom. The minimum atomic E-state index is -2.47. The molecule has 254 valence electrons. The number of esters is 4. The largest absolute Gasteiger partial charge is 0.497 e. The predicted molar refractivity (Wildman–Crippen MR) is 159 cm³/mol. The van der Waals surface area contributed by atoms with Crippen molar-refractivity contribution in [2.75, 3.05) is 7.11 Å². The highest BCUT2D eigenvalue weighted by molar-refractivity contribution is 5.95. The van der Waals surface area contributed by atoms with E-state index < -0.39 is 100.0 Å². The van der Waals surface area contributed by atoms with Crippen molar-refractivity contribution < 1.29 is 62.5 Å². The maximum absolute atomic E-state index is 14.4. The Bertz CT molecular complexity index is 1720. The number of carbonyl (C=O) groups excluding carboxylic acids is 4. The van der Waals surface area contributed by atoms with E-state index in [0.717, 1.165) is 0 Å². The summed E-state index contributed by atoms with van der Waals surface area (Å²) in [7, 11) is 1.54. The van der Waals surface area contributed by atoms with Crippen LogP contribution in [-0.4, -0.2) is 89.2 Å². The lowest BCUT2D eigenvalue weighted by molar-refractivity contribution is -0.240. The molecule has 0 radical (unpaired) electrons. The number of ether oxygens (including phenoxy) is 7. The van der Waals surface area contributed by atoms with E-state index in [1.807, 2.05) is 20.8 Å². The van der Waals surface area contributed by atoms with E-state index in [9.17, 15) is 29.4 Å². The Hall–Kier alpha value is -4.04. The normalized spacial score (nSPS) is 43.2. The van der Waals surface area contributed by atoms with Gasteiger partial charge in [-0.3, -0.25) is 4.79 Å². The van der Waals surface area contributed by atoms with Gasteiger partial charge < -0.3 is 43.4 Å². The topological polar surface area (TPSA) is 173 Å². The number of hydrogen-bond acceptors (Lipinski definition) is 13. The Morgan fingerprint density at radius 2 is 1.62 bits per heavy atom. The Balaban J connectivity index is 1.35. The average Bonchev–Trinajstić information content (AvgIpc) is 3.76. The standard InChI is InChI=1S/C35H36O13/c1-16-26(37)45-24-22(36)33-23-20(44-27(38)18-9-7-6-8-10-18)21(31(2,3)4)32(33)25(43-15-17-11-13-19(42-5)14-12-17)28(39)47-30(32)48-35(33,29(40)46-23)34(16,24)41/h6-14,16,20-25,30,36,41H,15H2,1-5H3/t16-,20-,21?,22?,23?,24?,25+,30?,32?,33?,34-,35?/m1/s1. The smallest absolute Gasteiger partial charge is 0.343 e. The summed E-state index contributed by atoms with van der Waals surface area (Å²) in [6.07, 6.45) is -9.34. The zero-order valence-corrected chi connectivity index (χ0v) is 26.9. The van der Waals surface area contributed by atoms with Crippen LogP contribution in [0.2, 0.25) is 0 Å². The lowest BCUT2D eigenvalue weighted by atomic mass is 9.51. The van der Waals surface area contributed by atoms with Gasteiger partial charge in [0.05, 0.1) is 36.0 Å². The molecular formula is C35H36O13. The monoisotopic (exact) mass is 664 g/mol. The molecule has 6 aliphatic rings. The number of aliphatic hydroxyl groups excluding tert-OH is 1. The highest BCUT2D eigenvalue weighted by atomic mass is 16.8. The maximum Gasteiger partial charge on any atom is 0.343 e. The number of hydrogen-bond donors (Lipinski definition) is 2. The maximum atomic E-state index is 14.4. The number of methoxy groups -OCH3 is 1. The molecule has 8 unspecified atom stereocenters. The molecule has 0 aromatic heterocycles. The Kier molecular flexibility index (Phi) is 6.36. The van der Waals surface area contributed by atoms with Crippen LogP contribution in [0.4, 0.5) is 0 Å². The fraction of sp³-hybridized carbons (Fsp3) is 0.543. The summed E-state index contributed by atoms with van der Waals surface area (Å²) in [6, 6.07) is 15.2. The van der Waals surface area contributed by atoms with Crippen molar-refractivity contribution in [3.63, 3.8) is 0 Å². The first-order valence-electron chi connectivity index (χ1n) is 15.9. The SMILES string of the molecule is COc1ccc(CO[C@H]2C(=O)OC3OC45C(=O)OC6[C@H](OC(=O)c7ccccc7)C(C(C)(C)C)C32C64C(O)C2OC(=O)[C@@H](C)[C@@]25O)cc1. The molecule has 2 N–H and O–H groups in total. The molecule has 12 atom stereocenters. The minimum absolute atomic E-state index is 0.110. The van der Waals surface area contributed by atoms with Gasteiger partial charge in [0, 0.05) is 5.92 Å². The lowest BCUT2D eigenvalue weighted by Crippen LogP contribution is -2.67. The van der Waals surface area contributed by atoms with Crippen molar-refractivity contribution in [3.8, 4) is 5.75 Å². The molecule has 0 amide bonds. The van der Waals surface area contributed by atoms with E-state index in [1.54, 1.807) is 54.6 Å². The van der Waals surface area contributed by atoms with E-state index >= 15 is 0 Å². The van der Waals surface area contributed by atoms with E-state index in [1.165, 1.54) is 14.0 Å². The summed E-state index contributed by atoms with van der Waals surface area (Å²) in [5, 5.41) is 25.1. The highest BCUT2D eigenvalue weighted by Gasteiger charge is 3.05. The predicted octanol–water partition coefficient (Wildman–Crippen LogP) is 1.70. The third-order valence-corrected chi connectivity index (χ3v) is 11.7. The molecule has 2 aromatic carbocycles. The first-order valence-corrected chi connectivity index (χ1v) is 15.9. The molecular weight excluding hydrogens is 628 g/mol. The van der Waals surface area contributed by atoms with Gasteiger partial charge in [-0.25, -0.2) is 14.4 Å². The molecule has 2 spiro atoms. The average molecular weight is 665 g/mol. The molecule has 6 fully saturated rings. The fourth-order valence-electron chi connectivity index (χ4n) is 10.2. The van der Waals surface area contributed by atoms with Crippen molar-refractivity contribution in [1.29, 1.82) is 0 Å². The van der Waals surface area contributed by atoms with Crippen LogP contribution in [0.15, 0.2) is 54.6 Å². The molecule has 48 heavy (non-hydrogen) atoms.